The Balaban J connectivity index is 0.000000641. The summed E-state index contributed by atoms with van der Waals surface area (Å²) < 4.78 is 62.7. The van der Waals surface area contributed by atoms with Gasteiger partial charge in [0, 0.05) is 72.3 Å². The zero-order chi connectivity index (χ0) is 41.3. The summed E-state index contributed by atoms with van der Waals surface area (Å²) in [6.45, 7) is 0.707. The van der Waals surface area contributed by atoms with Gasteiger partial charge in [0.25, 0.3) is 6.47 Å². The predicted molar refractivity (Wildman–Crippen MR) is 193 cm³/mol. The standard InChI is InChI=1S/C31H38ClN7O2.C2HF3O2.CHF3.CH2O2/c1-21(26-17-35-27-8-5-4-7-25(26)27)29(36-31(41)34-11-6-13-38-14-12-33-20-38)30(40)39-19-22(18-37(2)3)15-23-16-24(32)9-10-28(23)39;3-2(4,5)1(6)7;2-1(3)4;2-1-3/h4-5,7-10,12,14,16-17,20-22,29,35H,6,11,13,15,18-19H2,1-3H3,(H2,34,36,41);(H,6,7);1H;1H,(H,2,3)/t21?,22-,29?;;;/m1.../s1. The molecule has 1 aliphatic rings. The fraction of sp³-hybridized carbons (Fsp3) is 0.400. The van der Waals surface area contributed by atoms with Crippen LogP contribution in [0.4, 0.5) is 36.8 Å². The van der Waals surface area contributed by atoms with Crippen molar-refractivity contribution in [3.05, 3.63) is 83.5 Å². The Morgan fingerprint density at radius 2 is 1.78 bits per heavy atom. The quantitative estimate of drug-likeness (QED) is 0.0721. The zero-order valence-electron chi connectivity index (χ0n) is 29.9. The Hall–Kier alpha value is -5.30. The molecule has 302 valence electrons. The number of hydrogen-bond donors (Lipinski definition) is 5. The number of halogens is 7. The average molecular weight is 806 g/mol. The van der Waals surface area contributed by atoms with Gasteiger partial charge in [-0.05, 0) is 68.2 Å². The van der Waals surface area contributed by atoms with E-state index < -0.39 is 24.9 Å². The van der Waals surface area contributed by atoms with Gasteiger partial charge in [-0.3, -0.25) is 9.59 Å². The van der Waals surface area contributed by atoms with Gasteiger partial charge in [-0.1, -0.05) is 36.7 Å². The van der Waals surface area contributed by atoms with Gasteiger partial charge in [0.15, 0.2) is 0 Å². The van der Waals surface area contributed by atoms with Crippen LogP contribution in [0.1, 0.15) is 30.4 Å². The van der Waals surface area contributed by atoms with Crippen molar-refractivity contribution in [1.82, 2.24) is 30.1 Å². The molecule has 0 fully saturated rings. The minimum absolute atomic E-state index is 0.136. The Bertz CT molecular complexity index is 1810. The number of para-hydroxylation sites is 1. The number of carboxylic acids is 1. The van der Waals surface area contributed by atoms with Crippen LogP contribution >= 0.6 is 11.6 Å². The number of carboxylic acid groups (broad SMARTS) is 2. The van der Waals surface area contributed by atoms with E-state index in [4.69, 9.17) is 31.4 Å². The number of nitrogens with one attached hydrogen (secondary N) is 3. The Morgan fingerprint density at radius 3 is 2.36 bits per heavy atom. The molecule has 1 aliphatic heterocycles. The van der Waals surface area contributed by atoms with Crippen LogP contribution in [-0.4, -0.2) is 107 Å². The van der Waals surface area contributed by atoms with E-state index >= 15 is 0 Å². The van der Waals surface area contributed by atoms with Gasteiger partial charge >= 0.3 is 24.9 Å². The van der Waals surface area contributed by atoms with Gasteiger partial charge in [0.2, 0.25) is 5.91 Å². The molecule has 0 bridgehead atoms. The minimum Gasteiger partial charge on any atom is -0.483 e. The average Bonchev–Trinajstić information content (AvgIpc) is 3.78. The summed E-state index contributed by atoms with van der Waals surface area (Å²) in [4.78, 5) is 56.3. The summed E-state index contributed by atoms with van der Waals surface area (Å²) >= 11 is 6.37. The number of amides is 3. The van der Waals surface area contributed by atoms with E-state index in [1.807, 2.05) is 85.3 Å². The maximum atomic E-state index is 14.5. The van der Waals surface area contributed by atoms with Crippen LogP contribution < -0.4 is 15.5 Å². The summed E-state index contributed by atoms with van der Waals surface area (Å²) in [5, 5.41) is 21.7. The van der Waals surface area contributed by atoms with Crippen molar-refractivity contribution in [3.8, 4) is 0 Å². The molecule has 13 nitrogen and oxygen atoms in total. The summed E-state index contributed by atoms with van der Waals surface area (Å²) in [5.74, 6) is -2.95. The lowest BCUT2D eigenvalue weighted by Crippen LogP contribution is -2.56. The number of imidazole rings is 1. The number of benzene rings is 2. The molecule has 3 atom stereocenters. The van der Waals surface area contributed by atoms with Crippen molar-refractivity contribution in [2.24, 2.45) is 5.92 Å². The number of aromatic amines is 1. The number of urea groups is 1. The first-order valence-corrected chi connectivity index (χ1v) is 16.9. The fourth-order valence-corrected chi connectivity index (χ4v) is 6.05. The molecule has 0 aliphatic carbocycles. The van der Waals surface area contributed by atoms with Gasteiger partial charge in [-0.25, -0.2) is 14.6 Å². The van der Waals surface area contributed by atoms with E-state index in [0.717, 1.165) is 53.6 Å². The lowest BCUT2D eigenvalue weighted by Gasteiger charge is -2.38. The maximum absolute atomic E-state index is 14.5. The highest BCUT2D eigenvalue weighted by Gasteiger charge is 2.39. The molecule has 2 aromatic heterocycles. The van der Waals surface area contributed by atoms with Crippen LogP contribution in [0, 0.1) is 5.92 Å². The molecule has 4 aromatic rings. The number of carbonyl (C=O) groups is 4. The largest absolute Gasteiger partial charge is 0.490 e. The second-order valence-electron chi connectivity index (χ2n) is 12.3. The number of aryl methyl sites for hydroxylation is 1. The van der Waals surface area contributed by atoms with Crippen molar-refractivity contribution in [2.45, 2.75) is 51.1 Å². The molecule has 0 saturated heterocycles. The lowest BCUT2D eigenvalue weighted by molar-refractivity contribution is -0.192. The number of alkyl halides is 6. The van der Waals surface area contributed by atoms with E-state index in [1.165, 1.54) is 0 Å². The number of aliphatic carboxylic acids is 1. The van der Waals surface area contributed by atoms with Gasteiger partial charge in [-0.2, -0.15) is 26.3 Å². The number of carbonyl (C=O) groups excluding carboxylic acids is 2. The number of aromatic nitrogens is 3. The molecule has 0 spiro atoms. The first-order chi connectivity index (χ1) is 25.9. The minimum atomic E-state index is -5.08. The van der Waals surface area contributed by atoms with Gasteiger partial charge in [0.05, 0.1) is 6.33 Å². The van der Waals surface area contributed by atoms with Gasteiger partial charge in [-0.15, -0.1) is 0 Å². The third-order valence-corrected chi connectivity index (χ3v) is 8.25. The number of anilines is 1. The van der Waals surface area contributed by atoms with E-state index in [0.29, 0.717) is 18.1 Å². The first-order valence-electron chi connectivity index (χ1n) is 16.5. The summed E-state index contributed by atoms with van der Waals surface area (Å²) in [5.41, 5.74) is 3.88. The number of rotatable bonds is 10. The molecular formula is C35H42ClF6N7O6. The molecular weight excluding hydrogens is 764 g/mol. The number of fused-ring (bicyclic) bond motifs is 2. The van der Waals surface area contributed by atoms with Crippen LogP contribution in [-0.2, 0) is 27.3 Å². The number of nitrogens with zero attached hydrogens (tertiary/aromatic N) is 4. The normalized spacial score (nSPS) is 14.5. The van der Waals surface area contributed by atoms with Crippen LogP contribution in [0.3, 0.4) is 0 Å². The molecule has 5 N–H and O–H groups in total. The Labute approximate surface area is 317 Å². The van der Waals surface area contributed by atoms with E-state index in [2.05, 4.69) is 25.5 Å². The highest BCUT2D eigenvalue weighted by Crippen LogP contribution is 2.35. The lowest BCUT2D eigenvalue weighted by atomic mass is 9.88. The Morgan fingerprint density at radius 1 is 1.15 bits per heavy atom. The molecule has 20 heteroatoms. The van der Waals surface area contributed by atoms with E-state index in [1.54, 1.807) is 12.5 Å². The zero-order valence-corrected chi connectivity index (χ0v) is 30.7. The van der Waals surface area contributed by atoms with Crippen molar-refractivity contribution in [2.75, 3.05) is 38.6 Å². The second kappa shape index (κ2) is 22.2. The molecule has 5 rings (SSSR count). The van der Waals surface area contributed by atoms with Crippen molar-refractivity contribution < 1.29 is 55.7 Å². The van der Waals surface area contributed by atoms with Gasteiger partial charge < -0.3 is 40.2 Å². The molecule has 3 heterocycles. The maximum Gasteiger partial charge on any atom is 0.490 e. The Kier molecular flexibility index (Phi) is 18.5. The molecule has 0 saturated carbocycles. The molecule has 3 amide bonds. The monoisotopic (exact) mass is 805 g/mol. The summed E-state index contributed by atoms with van der Waals surface area (Å²) in [7, 11) is 4.08. The summed E-state index contributed by atoms with van der Waals surface area (Å²) in [6.07, 6.45) is 3.82. The SMILES string of the molecule is CC(c1c[nH]c2ccccc12)C(NC(=O)NCCCn1ccnc1)C(=O)N1C[C@@H](CN(C)C)Cc2cc(Cl)ccc21.FC(F)F.O=C(O)C(F)(F)F.O=CO. The molecule has 55 heavy (non-hydrogen) atoms. The van der Waals surface area contributed by atoms with Crippen molar-refractivity contribution in [3.63, 3.8) is 0 Å². The fourth-order valence-electron chi connectivity index (χ4n) is 5.85. The van der Waals surface area contributed by atoms with Crippen LogP contribution in [0.5, 0.6) is 0 Å². The van der Waals surface area contributed by atoms with Crippen LogP contribution in [0.2, 0.25) is 5.02 Å². The molecule has 2 unspecified atom stereocenters. The predicted octanol–water partition coefficient (Wildman–Crippen LogP) is 6.16. The van der Waals surface area contributed by atoms with Crippen molar-refractivity contribution in [1.29, 1.82) is 0 Å². The highest BCUT2D eigenvalue weighted by molar-refractivity contribution is 6.30. The second-order valence-corrected chi connectivity index (χ2v) is 12.8. The topological polar surface area (TPSA) is 173 Å². The third kappa shape index (κ3) is 15.2. The summed E-state index contributed by atoms with van der Waals surface area (Å²) in [6, 6.07) is 12.6. The van der Waals surface area contributed by atoms with E-state index in [-0.39, 0.29) is 30.2 Å². The van der Waals surface area contributed by atoms with E-state index in [9.17, 15) is 35.9 Å². The molecule has 0 radical (unpaired) electrons. The first kappa shape index (κ1) is 45.9. The number of hydrogen-bond acceptors (Lipinski definition) is 6. The molecule has 2 aromatic carbocycles. The van der Waals surface area contributed by atoms with Crippen LogP contribution in [0.25, 0.3) is 10.9 Å². The van der Waals surface area contributed by atoms with Crippen LogP contribution in [0.15, 0.2) is 67.4 Å². The number of H-pyrrole nitrogens is 1. The third-order valence-electron chi connectivity index (χ3n) is 8.02. The van der Waals surface area contributed by atoms with Gasteiger partial charge in [0.1, 0.15) is 6.04 Å². The smallest absolute Gasteiger partial charge is 0.483 e. The van der Waals surface area contributed by atoms with Crippen molar-refractivity contribution >= 4 is 52.6 Å². The highest BCUT2D eigenvalue weighted by atomic mass is 35.5.